The summed E-state index contributed by atoms with van der Waals surface area (Å²) in [6.45, 7) is 2.38. The first-order chi connectivity index (χ1) is 12.1. The normalized spacial score (nSPS) is 11.1. The van der Waals surface area contributed by atoms with Gasteiger partial charge in [-0.3, -0.25) is 4.79 Å². The SMILES string of the molecule is Cc1csc(CNC(=O)c2cc(-c3ccc4nc(N)nn4c3)cs2)n1. The Balaban J connectivity index is 1.51. The van der Waals surface area contributed by atoms with Gasteiger partial charge in [0.05, 0.1) is 11.4 Å². The van der Waals surface area contributed by atoms with Gasteiger partial charge in [0.1, 0.15) is 5.01 Å². The zero-order chi connectivity index (χ0) is 17.4. The highest BCUT2D eigenvalue weighted by molar-refractivity contribution is 7.12. The second-order valence-electron chi connectivity index (χ2n) is 5.46. The molecular weight excluding hydrogens is 356 g/mol. The van der Waals surface area contributed by atoms with Crippen LogP contribution < -0.4 is 11.1 Å². The number of pyridine rings is 1. The molecule has 0 aromatic carbocycles. The van der Waals surface area contributed by atoms with Crippen LogP contribution in [0.15, 0.2) is 35.2 Å². The summed E-state index contributed by atoms with van der Waals surface area (Å²) in [5, 5.41) is 11.8. The third-order valence-corrected chi connectivity index (χ3v) is 5.47. The number of hydrogen-bond donors (Lipinski definition) is 2. The molecule has 4 aromatic heterocycles. The minimum atomic E-state index is -0.102. The lowest BCUT2D eigenvalue weighted by molar-refractivity contribution is 0.0955. The highest BCUT2D eigenvalue weighted by Crippen LogP contribution is 2.26. The Morgan fingerprint density at radius 2 is 2.12 bits per heavy atom. The number of nitrogens with zero attached hydrogens (tertiary/aromatic N) is 4. The molecule has 7 nitrogen and oxygen atoms in total. The predicted molar refractivity (Wildman–Crippen MR) is 98.7 cm³/mol. The summed E-state index contributed by atoms with van der Waals surface area (Å²) in [4.78, 5) is 21.4. The van der Waals surface area contributed by atoms with E-state index in [2.05, 4.69) is 20.4 Å². The number of fused-ring (bicyclic) bond motifs is 1. The van der Waals surface area contributed by atoms with Crippen LogP contribution in [-0.4, -0.2) is 25.5 Å². The second kappa shape index (κ2) is 6.26. The summed E-state index contributed by atoms with van der Waals surface area (Å²) in [5.41, 5.74) is 9.17. The number of nitrogens with one attached hydrogen (secondary N) is 1. The van der Waals surface area contributed by atoms with E-state index >= 15 is 0 Å². The fourth-order valence-corrected chi connectivity index (χ4v) is 3.95. The molecule has 4 aromatic rings. The van der Waals surface area contributed by atoms with E-state index < -0.39 is 0 Å². The number of aryl methyl sites for hydroxylation is 1. The Morgan fingerprint density at radius 1 is 1.24 bits per heavy atom. The van der Waals surface area contributed by atoms with Gasteiger partial charge < -0.3 is 11.1 Å². The van der Waals surface area contributed by atoms with Crippen molar-refractivity contribution in [3.8, 4) is 11.1 Å². The summed E-state index contributed by atoms with van der Waals surface area (Å²) in [6.07, 6.45) is 1.85. The van der Waals surface area contributed by atoms with Gasteiger partial charge >= 0.3 is 0 Å². The molecule has 0 aliphatic heterocycles. The van der Waals surface area contributed by atoms with Crippen LogP contribution >= 0.6 is 22.7 Å². The van der Waals surface area contributed by atoms with Crippen LogP contribution in [0, 0.1) is 6.92 Å². The molecule has 4 heterocycles. The monoisotopic (exact) mass is 370 g/mol. The number of anilines is 1. The van der Waals surface area contributed by atoms with Crippen molar-refractivity contribution in [2.45, 2.75) is 13.5 Å². The number of amides is 1. The molecule has 0 aliphatic rings. The predicted octanol–water partition coefficient (Wildman–Crippen LogP) is 2.73. The number of carbonyl (C=O) groups is 1. The van der Waals surface area contributed by atoms with E-state index in [-0.39, 0.29) is 11.9 Å². The molecular formula is C16H14N6OS2. The summed E-state index contributed by atoms with van der Waals surface area (Å²) in [6, 6.07) is 5.65. The van der Waals surface area contributed by atoms with Gasteiger partial charge in [0, 0.05) is 22.8 Å². The lowest BCUT2D eigenvalue weighted by Gasteiger charge is -2.00. The number of rotatable bonds is 4. The van der Waals surface area contributed by atoms with E-state index in [4.69, 9.17) is 5.73 Å². The first kappa shape index (κ1) is 15.7. The van der Waals surface area contributed by atoms with Crippen LogP contribution in [0.2, 0.25) is 0 Å². The molecule has 0 fully saturated rings. The molecule has 9 heteroatoms. The van der Waals surface area contributed by atoms with E-state index in [0.29, 0.717) is 17.1 Å². The quantitative estimate of drug-likeness (QED) is 0.575. The molecule has 25 heavy (non-hydrogen) atoms. The standard InChI is InChI=1S/C16H14N6OS2/c1-9-7-25-14(19-9)5-18-15(23)12-4-11(8-24-12)10-2-3-13-20-16(17)21-22(13)6-10/h2-4,6-8H,5H2,1H3,(H2,17,21)(H,18,23). The molecule has 0 radical (unpaired) electrons. The molecule has 126 valence electrons. The molecule has 1 amide bonds. The molecule has 0 unspecified atom stereocenters. The molecule has 0 aliphatic carbocycles. The van der Waals surface area contributed by atoms with Gasteiger partial charge in [0.2, 0.25) is 5.95 Å². The molecule has 0 atom stereocenters. The molecule has 0 bridgehead atoms. The number of thiazole rings is 1. The lowest BCUT2D eigenvalue weighted by Crippen LogP contribution is -2.21. The van der Waals surface area contributed by atoms with E-state index in [1.54, 1.807) is 15.9 Å². The van der Waals surface area contributed by atoms with Crippen LogP contribution in [0.4, 0.5) is 5.95 Å². The smallest absolute Gasteiger partial charge is 0.261 e. The minimum Gasteiger partial charge on any atom is -0.366 e. The zero-order valence-electron chi connectivity index (χ0n) is 13.3. The average Bonchev–Trinajstić information content (AvgIpc) is 3.30. The highest BCUT2D eigenvalue weighted by Gasteiger charge is 2.12. The summed E-state index contributed by atoms with van der Waals surface area (Å²) >= 11 is 2.95. The maximum absolute atomic E-state index is 12.3. The maximum Gasteiger partial charge on any atom is 0.261 e. The van der Waals surface area contributed by atoms with Crippen LogP contribution in [-0.2, 0) is 6.54 Å². The minimum absolute atomic E-state index is 0.102. The van der Waals surface area contributed by atoms with Crippen LogP contribution in [0.25, 0.3) is 16.8 Å². The van der Waals surface area contributed by atoms with Gasteiger partial charge in [-0.05, 0) is 36.1 Å². The van der Waals surface area contributed by atoms with Crippen molar-refractivity contribution < 1.29 is 4.79 Å². The largest absolute Gasteiger partial charge is 0.366 e. The third kappa shape index (κ3) is 3.24. The van der Waals surface area contributed by atoms with Gasteiger partial charge in [-0.1, -0.05) is 0 Å². The van der Waals surface area contributed by atoms with Crippen LogP contribution in [0.1, 0.15) is 20.4 Å². The first-order valence-corrected chi connectivity index (χ1v) is 9.24. The second-order valence-corrected chi connectivity index (χ2v) is 7.31. The van der Waals surface area contributed by atoms with Crippen molar-refractivity contribution in [3.05, 3.63) is 50.7 Å². The van der Waals surface area contributed by atoms with Crippen molar-refractivity contribution in [3.63, 3.8) is 0 Å². The van der Waals surface area contributed by atoms with Gasteiger partial charge in [-0.15, -0.1) is 27.8 Å². The Hall–Kier alpha value is -2.78. The van der Waals surface area contributed by atoms with E-state index in [0.717, 1.165) is 21.8 Å². The number of nitrogens with two attached hydrogens (primary N) is 1. The van der Waals surface area contributed by atoms with Crippen molar-refractivity contribution in [1.82, 2.24) is 24.9 Å². The number of nitrogen functional groups attached to an aromatic ring is 1. The highest BCUT2D eigenvalue weighted by atomic mass is 32.1. The Kier molecular flexibility index (Phi) is 3.94. The molecule has 0 saturated heterocycles. The van der Waals surface area contributed by atoms with E-state index in [1.807, 2.05) is 42.1 Å². The number of thiophene rings is 1. The van der Waals surface area contributed by atoms with Crippen molar-refractivity contribution in [2.24, 2.45) is 0 Å². The lowest BCUT2D eigenvalue weighted by atomic mass is 10.1. The van der Waals surface area contributed by atoms with E-state index in [1.165, 1.54) is 11.3 Å². The first-order valence-electron chi connectivity index (χ1n) is 7.48. The van der Waals surface area contributed by atoms with Crippen molar-refractivity contribution >= 4 is 40.2 Å². The molecule has 4 rings (SSSR count). The summed E-state index contributed by atoms with van der Waals surface area (Å²) in [5.74, 6) is 0.134. The summed E-state index contributed by atoms with van der Waals surface area (Å²) < 4.78 is 1.63. The third-order valence-electron chi connectivity index (χ3n) is 3.57. The Bertz CT molecular complexity index is 1060. The fourth-order valence-electron chi connectivity index (χ4n) is 2.40. The van der Waals surface area contributed by atoms with Crippen molar-refractivity contribution in [2.75, 3.05) is 5.73 Å². The van der Waals surface area contributed by atoms with Gasteiger partial charge in [0.15, 0.2) is 5.65 Å². The van der Waals surface area contributed by atoms with Gasteiger partial charge in [-0.2, -0.15) is 4.98 Å². The van der Waals surface area contributed by atoms with Gasteiger partial charge in [0.25, 0.3) is 5.91 Å². The molecule has 0 spiro atoms. The fraction of sp³-hybridized carbons (Fsp3) is 0.125. The van der Waals surface area contributed by atoms with E-state index in [9.17, 15) is 4.79 Å². The molecule has 0 saturated carbocycles. The van der Waals surface area contributed by atoms with Gasteiger partial charge in [-0.25, -0.2) is 9.50 Å². The Labute approximate surface area is 151 Å². The summed E-state index contributed by atoms with van der Waals surface area (Å²) in [7, 11) is 0. The van der Waals surface area contributed by atoms with Crippen molar-refractivity contribution in [1.29, 1.82) is 0 Å². The zero-order valence-corrected chi connectivity index (χ0v) is 14.9. The van der Waals surface area contributed by atoms with Crippen LogP contribution in [0.5, 0.6) is 0 Å². The topological polar surface area (TPSA) is 98.2 Å². The maximum atomic E-state index is 12.3. The average molecular weight is 370 g/mol. The number of aromatic nitrogens is 4. The molecule has 3 N–H and O–H groups in total. The Morgan fingerprint density at radius 3 is 2.92 bits per heavy atom. The number of hydrogen-bond acceptors (Lipinski definition) is 7. The number of carbonyl (C=O) groups excluding carboxylic acids is 1. The van der Waals surface area contributed by atoms with Crippen LogP contribution in [0.3, 0.4) is 0 Å².